The van der Waals surface area contributed by atoms with Crippen molar-refractivity contribution in [1.29, 1.82) is 0 Å². The summed E-state index contributed by atoms with van der Waals surface area (Å²) in [5.74, 6) is 0.764. The summed E-state index contributed by atoms with van der Waals surface area (Å²) >= 11 is 0.983. The van der Waals surface area contributed by atoms with Crippen molar-refractivity contribution in [3.8, 4) is 0 Å². The summed E-state index contributed by atoms with van der Waals surface area (Å²) in [6, 6.07) is 3.19. The van der Waals surface area contributed by atoms with E-state index in [4.69, 9.17) is 5.73 Å². The number of pyridine rings is 1. The Morgan fingerprint density at radius 1 is 1.06 bits per heavy atom. The molecule has 6 nitrogen and oxygen atoms in total. The number of anilines is 1. The highest BCUT2D eigenvalue weighted by molar-refractivity contribution is 7.99. The first kappa shape index (κ1) is 20.6. The van der Waals surface area contributed by atoms with Crippen LogP contribution in [0, 0.1) is 5.41 Å². The lowest BCUT2D eigenvalue weighted by atomic mass is 9.74. The summed E-state index contributed by atoms with van der Waals surface area (Å²) in [6.45, 7) is 1.72. The van der Waals surface area contributed by atoms with E-state index < -0.39 is 11.9 Å². The number of rotatable bonds is 3. The van der Waals surface area contributed by atoms with Gasteiger partial charge >= 0.3 is 6.18 Å². The van der Waals surface area contributed by atoms with Crippen LogP contribution in [0.1, 0.15) is 37.8 Å². The lowest BCUT2D eigenvalue weighted by Gasteiger charge is -2.42. The van der Waals surface area contributed by atoms with Crippen LogP contribution >= 0.6 is 11.8 Å². The molecule has 1 aliphatic carbocycles. The van der Waals surface area contributed by atoms with Crippen LogP contribution < -0.4 is 10.6 Å². The molecule has 0 radical (unpaired) electrons. The van der Waals surface area contributed by atoms with Gasteiger partial charge in [-0.25, -0.2) is 9.97 Å². The normalized spacial score (nSPS) is 21.3. The minimum Gasteiger partial charge on any atom is -0.342 e. The molecule has 3 aromatic heterocycles. The summed E-state index contributed by atoms with van der Waals surface area (Å²) in [5.41, 5.74) is 6.33. The third kappa shape index (κ3) is 3.65. The zero-order chi connectivity index (χ0) is 21.6. The predicted octanol–water partition coefficient (Wildman–Crippen LogP) is 4.39. The maximum absolute atomic E-state index is 13.3. The lowest BCUT2D eigenvalue weighted by Crippen LogP contribution is -2.47. The van der Waals surface area contributed by atoms with Crippen LogP contribution in [0.25, 0.3) is 5.65 Å². The molecule has 1 atom stereocenters. The number of hydrogen-bond acceptors (Lipinski definition) is 6. The van der Waals surface area contributed by atoms with Gasteiger partial charge in [0.05, 0.1) is 4.90 Å². The van der Waals surface area contributed by atoms with Gasteiger partial charge < -0.3 is 10.6 Å². The van der Waals surface area contributed by atoms with Crippen molar-refractivity contribution < 1.29 is 13.2 Å². The van der Waals surface area contributed by atoms with Crippen molar-refractivity contribution in [2.45, 2.75) is 54.1 Å². The molecule has 1 saturated carbocycles. The molecule has 0 unspecified atom stereocenters. The molecule has 2 fully saturated rings. The van der Waals surface area contributed by atoms with E-state index in [1.54, 1.807) is 18.6 Å². The van der Waals surface area contributed by atoms with Crippen LogP contribution in [0.3, 0.4) is 0 Å². The molecular formula is C21H23F3N6S. The summed E-state index contributed by atoms with van der Waals surface area (Å²) < 4.78 is 41.9. The number of nitrogens with two attached hydrogens (primary N) is 1. The Kier molecular flexibility index (Phi) is 5.09. The molecule has 5 rings (SSSR count). The van der Waals surface area contributed by atoms with E-state index in [1.807, 2.05) is 4.40 Å². The van der Waals surface area contributed by atoms with Crippen LogP contribution in [-0.4, -0.2) is 38.5 Å². The second-order valence-electron chi connectivity index (χ2n) is 8.34. The maximum atomic E-state index is 13.3. The third-order valence-electron chi connectivity index (χ3n) is 6.65. The minimum atomic E-state index is -4.52. The molecular weight excluding hydrogens is 425 g/mol. The highest BCUT2D eigenvalue weighted by Gasteiger charge is 2.43. The van der Waals surface area contributed by atoms with Gasteiger partial charge in [0.1, 0.15) is 0 Å². The molecule has 1 aliphatic heterocycles. The molecule has 0 aromatic carbocycles. The average molecular weight is 449 g/mol. The second-order valence-corrected chi connectivity index (χ2v) is 9.43. The van der Waals surface area contributed by atoms with E-state index in [-0.39, 0.29) is 16.4 Å². The first-order chi connectivity index (χ1) is 14.9. The molecule has 10 heteroatoms. The maximum Gasteiger partial charge on any atom is 0.434 e. The smallest absolute Gasteiger partial charge is 0.342 e. The molecule has 2 aliphatic rings. The van der Waals surface area contributed by atoms with E-state index in [0.717, 1.165) is 56.3 Å². The summed E-state index contributed by atoms with van der Waals surface area (Å²) in [7, 11) is 0. The molecule has 2 N–H and O–H groups in total. The number of imidazole rings is 1. The number of fused-ring (bicyclic) bond motifs is 1. The fraction of sp³-hybridized carbons (Fsp3) is 0.476. The third-order valence-corrected chi connectivity index (χ3v) is 7.71. The summed E-state index contributed by atoms with van der Waals surface area (Å²) in [6.07, 6.45) is 7.26. The fourth-order valence-electron chi connectivity index (χ4n) is 4.93. The van der Waals surface area contributed by atoms with E-state index in [0.29, 0.717) is 10.5 Å². The minimum absolute atomic E-state index is 0.0320. The molecule has 0 amide bonds. The number of halogens is 3. The number of hydrogen-bond donors (Lipinski definition) is 1. The Labute approximate surface area is 182 Å². The Hall–Kier alpha value is -2.33. The van der Waals surface area contributed by atoms with E-state index in [2.05, 4.69) is 19.9 Å². The lowest BCUT2D eigenvalue weighted by molar-refractivity contribution is -0.143. The Morgan fingerprint density at radius 2 is 1.87 bits per heavy atom. The molecule has 1 spiro atoms. The summed E-state index contributed by atoms with van der Waals surface area (Å²) in [5, 5.41) is 0. The Balaban J connectivity index is 1.42. The highest BCUT2D eigenvalue weighted by atomic mass is 32.2. The van der Waals surface area contributed by atoms with Gasteiger partial charge in [0, 0.05) is 48.8 Å². The van der Waals surface area contributed by atoms with Crippen LogP contribution in [0.5, 0.6) is 0 Å². The van der Waals surface area contributed by atoms with Gasteiger partial charge in [0.2, 0.25) is 5.95 Å². The van der Waals surface area contributed by atoms with Crippen molar-refractivity contribution in [1.82, 2.24) is 19.4 Å². The topological polar surface area (TPSA) is 72.3 Å². The van der Waals surface area contributed by atoms with Crippen molar-refractivity contribution in [3.05, 3.63) is 42.6 Å². The second kappa shape index (κ2) is 7.67. The van der Waals surface area contributed by atoms with E-state index >= 15 is 0 Å². The monoisotopic (exact) mass is 448 g/mol. The van der Waals surface area contributed by atoms with Crippen molar-refractivity contribution >= 4 is 23.4 Å². The first-order valence-electron chi connectivity index (χ1n) is 10.4. The van der Waals surface area contributed by atoms with Gasteiger partial charge in [-0.2, -0.15) is 13.2 Å². The highest BCUT2D eigenvalue weighted by Crippen LogP contribution is 2.46. The number of nitrogens with zero attached hydrogens (tertiary/aromatic N) is 5. The van der Waals surface area contributed by atoms with Crippen LogP contribution in [0.4, 0.5) is 19.1 Å². The molecule has 164 valence electrons. The molecule has 0 bridgehead atoms. The van der Waals surface area contributed by atoms with Crippen molar-refractivity contribution in [2.75, 3.05) is 18.0 Å². The van der Waals surface area contributed by atoms with E-state index in [9.17, 15) is 13.2 Å². The SMILES string of the molecule is N[C@@H]1CCCC12CCN(c1ncc(Sc3cccnc3C(F)(F)F)c3nccn13)CC2. The predicted molar refractivity (Wildman–Crippen MR) is 112 cm³/mol. The van der Waals surface area contributed by atoms with Crippen molar-refractivity contribution in [2.24, 2.45) is 11.1 Å². The molecule has 31 heavy (non-hydrogen) atoms. The van der Waals surface area contributed by atoms with Gasteiger partial charge in [0.15, 0.2) is 11.3 Å². The molecule has 1 saturated heterocycles. The average Bonchev–Trinajstić information content (AvgIpc) is 3.37. The van der Waals surface area contributed by atoms with Gasteiger partial charge in [-0.15, -0.1) is 0 Å². The quantitative estimate of drug-likeness (QED) is 0.641. The van der Waals surface area contributed by atoms with Gasteiger partial charge in [-0.3, -0.25) is 9.38 Å². The van der Waals surface area contributed by atoms with Crippen molar-refractivity contribution in [3.63, 3.8) is 0 Å². The zero-order valence-electron chi connectivity index (χ0n) is 16.8. The van der Waals surface area contributed by atoms with Gasteiger partial charge in [0.25, 0.3) is 0 Å². The standard InChI is InChI=1S/C21H23F3N6S/c22-21(23,24)17-14(3-2-8-26-17)31-15-13-28-19(30-12-9-27-18(15)30)29-10-6-20(7-11-29)5-1-4-16(20)25/h2-3,8-9,12-13,16H,1,4-7,10-11,25H2/t16-/m1/s1. The van der Waals surface area contributed by atoms with Gasteiger partial charge in [-0.05, 0) is 43.2 Å². The zero-order valence-corrected chi connectivity index (χ0v) is 17.7. The van der Waals surface area contributed by atoms with Crippen LogP contribution in [0.2, 0.25) is 0 Å². The first-order valence-corrected chi connectivity index (χ1v) is 11.2. The van der Waals surface area contributed by atoms with Crippen LogP contribution in [0.15, 0.2) is 46.7 Å². The van der Waals surface area contributed by atoms with Gasteiger partial charge in [-0.1, -0.05) is 18.2 Å². The molecule has 4 heterocycles. The summed E-state index contributed by atoms with van der Waals surface area (Å²) in [4.78, 5) is 15.4. The molecule has 3 aromatic rings. The Bertz CT molecular complexity index is 1090. The number of alkyl halides is 3. The fourth-order valence-corrected chi connectivity index (χ4v) is 5.93. The number of piperidine rings is 1. The van der Waals surface area contributed by atoms with E-state index in [1.165, 1.54) is 25.0 Å². The Morgan fingerprint density at radius 3 is 2.58 bits per heavy atom. The van der Waals surface area contributed by atoms with Crippen LogP contribution in [-0.2, 0) is 6.18 Å². The number of aromatic nitrogens is 4. The largest absolute Gasteiger partial charge is 0.434 e.